The fourth-order valence-corrected chi connectivity index (χ4v) is 5.88. The van der Waals surface area contributed by atoms with Crippen molar-refractivity contribution in [2.75, 3.05) is 0 Å². The molecule has 35 heavy (non-hydrogen) atoms. The highest BCUT2D eigenvalue weighted by molar-refractivity contribution is 6.33. The highest BCUT2D eigenvalue weighted by atomic mass is 16.3. The molecule has 1 fully saturated rings. The van der Waals surface area contributed by atoms with Crippen LogP contribution in [0.2, 0.25) is 0 Å². The minimum atomic E-state index is -2.44. The lowest BCUT2D eigenvalue weighted by molar-refractivity contribution is -0.157. The fourth-order valence-electron chi connectivity index (χ4n) is 5.88. The van der Waals surface area contributed by atoms with Gasteiger partial charge in [0.2, 0.25) is 17.3 Å². The maximum Gasteiger partial charge on any atom is 0.206 e. The second-order valence-corrected chi connectivity index (χ2v) is 9.62. The van der Waals surface area contributed by atoms with E-state index in [0.717, 1.165) is 0 Å². The number of furan rings is 1. The predicted molar refractivity (Wildman–Crippen MR) is 123 cm³/mol. The molecule has 3 aliphatic rings. The molecule has 3 atom stereocenters. The molecule has 1 aromatic carbocycles. The third-order valence-corrected chi connectivity index (χ3v) is 7.52. The Balaban J connectivity index is 1.58. The Morgan fingerprint density at radius 2 is 1.86 bits per heavy atom. The summed E-state index contributed by atoms with van der Waals surface area (Å²) in [5, 5.41) is 33.5. The van der Waals surface area contributed by atoms with Crippen molar-refractivity contribution in [3.8, 4) is 5.75 Å². The Bertz CT molecular complexity index is 1370. The normalized spacial score (nSPS) is 25.8. The molecule has 0 radical (unpaired) electrons. The number of carbonyl (C=O) groups is 4. The first-order valence-corrected chi connectivity index (χ1v) is 11.4. The van der Waals surface area contributed by atoms with E-state index in [0.29, 0.717) is 17.6 Å². The van der Waals surface area contributed by atoms with E-state index < -0.39 is 40.5 Å². The maximum atomic E-state index is 13.6. The van der Waals surface area contributed by atoms with Crippen LogP contribution in [0.3, 0.4) is 0 Å². The van der Waals surface area contributed by atoms with Crippen LogP contribution in [0.5, 0.6) is 5.75 Å². The largest absolute Gasteiger partial charge is 0.507 e. The van der Waals surface area contributed by atoms with Gasteiger partial charge in [0, 0.05) is 23.5 Å². The zero-order chi connectivity index (χ0) is 25.2. The number of fused-ring (bicyclic) bond motifs is 3. The Hall–Kier alpha value is -3.78. The molecular weight excluding hydrogens is 452 g/mol. The van der Waals surface area contributed by atoms with E-state index >= 15 is 0 Å². The van der Waals surface area contributed by atoms with Crippen molar-refractivity contribution >= 4 is 28.9 Å². The SMILES string of the molecule is CC(=O)C1=C(C)C[C@H]2C[C@H]3Cc4ccc(CC(=O)c5ccco5)c(O)c4C(O)=C3C(=O)[C@@]2(O)C1=O. The third-order valence-electron chi connectivity index (χ3n) is 7.52. The van der Waals surface area contributed by atoms with Crippen molar-refractivity contribution in [1.29, 1.82) is 0 Å². The Kier molecular flexibility index (Phi) is 5.18. The molecule has 1 saturated carbocycles. The summed E-state index contributed by atoms with van der Waals surface area (Å²) in [5.41, 5.74) is -1.35. The molecule has 2 aromatic rings. The molecule has 8 nitrogen and oxygen atoms in total. The van der Waals surface area contributed by atoms with Gasteiger partial charge in [-0.15, -0.1) is 0 Å². The summed E-state index contributed by atoms with van der Waals surface area (Å²) < 4.78 is 5.11. The second-order valence-electron chi connectivity index (χ2n) is 9.62. The smallest absolute Gasteiger partial charge is 0.206 e. The van der Waals surface area contributed by atoms with Gasteiger partial charge in [-0.2, -0.15) is 0 Å². The number of hydrogen-bond donors (Lipinski definition) is 3. The Morgan fingerprint density at radius 1 is 1.11 bits per heavy atom. The zero-order valence-corrected chi connectivity index (χ0v) is 19.3. The quantitative estimate of drug-likeness (QED) is 0.347. The van der Waals surface area contributed by atoms with E-state index in [-0.39, 0.29) is 58.8 Å². The monoisotopic (exact) mass is 476 g/mol. The van der Waals surface area contributed by atoms with Gasteiger partial charge in [-0.25, -0.2) is 0 Å². The Labute approximate surface area is 200 Å². The van der Waals surface area contributed by atoms with Gasteiger partial charge in [0.15, 0.2) is 17.1 Å². The van der Waals surface area contributed by atoms with E-state index in [1.165, 1.54) is 19.3 Å². The molecule has 5 rings (SSSR count). The summed E-state index contributed by atoms with van der Waals surface area (Å²) in [6.07, 6.45) is 1.96. The van der Waals surface area contributed by atoms with Gasteiger partial charge in [0.1, 0.15) is 11.5 Å². The summed E-state index contributed by atoms with van der Waals surface area (Å²) in [5.74, 6) is -4.67. The van der Waals surface area contributed by atoms with Crippen LogP contribution in [0.25, 0.3) is 5.76 Å². The molecule has 0 unspecified atom stereocenters. The van der Waals surface area contributed by atoms with Crippen LogP contribution in [-0.2, 0) is 27.2 Å². The van der Waals surface area contributed by atoms with Crippen LogP contribution in [0, 0.1) is 11.8 Å². The number of aliphatic hydroxyl groups is 2. The molecule has 1 heterocycles. The lowest BCUT2D eigenvalue weighted by Gasteiger charge is -2.46. The molecule has 1 aromatic heterocycles. The fraction of sp³-hybridized carbons (Fsp3) is 0.333. The van der Waals surface area contributed by atoms with Gasteiger partial charge in [0.05, 0.1) is 17.4 Å². The number of hydrogen-bond acceptors (Lipinski definition) is 8. The first-order chi connectivity index (χ1) is 16.6. The van der Waals surface area contributed by atoms with E-state index in [2.05, 4.69) is 0 Å². The maximum absolute atomic E-state index is 13.6. The van der Waals surface area contributed by atoms with Crippen molar-refractivity contribution in [2.24, 2.45) is 11.8 Å². The van der Waals surface area contributed by atoms with Crippen molar-refractivity contribution in [3.05, 3.63) is 69.7 Å². The van der Waals surface area contributed by atoms with Crippen molar-refractivity contribution in [1.82, 2.24) is 0 Å². The zero-order valence-electron chi connectivity index (χ0n) is 19.3. The number of ketones is 4. The number of carbonyl (C=O) groups excluding carboxylic acids is 4. The molecule has 0 bridgehead atoms. The second kappa shape index (κ2) is 7.88. The minimum absolute atomic E-state index is 0.0122. The number of benzene rings is 1. The minimum Gasteiger partial charge on any atom is -0.507 e. The number of aliphatic hydroxyl groups excluding tert-OH is 1. The van der Waals surface area contributed by atoms with E-state index in [4.69, 9.17) is 4.42 Å². The highest BCUT2D eigenvalue weighted by Gasteiger charge is 2.60. The van der Waals surface area contributed by atoms with Gasteiger partial charge < -0.3 is 19.7 Å². The van der Waals surface area contributed by atoms with Crippen LogP contribution in [0.1, 0.15) is 53.9 Å². The van der Waals surface area contributed by atoms with E-state index in [1.807, 2.05) is 0 Å². The van der Waals surface area contributed by atoms with Gasteiger partial charge in [-0.05, 0) is 56.7 Å². The van der Waals surface area contributed by atoms with Crippen LogP contribution in [0.15, 0.2) is 51.7 Å². The molecule has 180 valence electrons. The van der Waals surface area contributed by atoms with Gasteiger partial charge in [-0.3, -0.25) is 19.2 Å². The van der Waals surface area contributed by atoms with Crippen LogP contribution < -0.4 is 0 Å². The van der Waals surface area contributed by atoms with Crippen LogP contribution >= 0.6 is 0 Å². The number of phenolic OH excluding ortho intramolecular Hbond substituents is 1. The van der Waals surface area contributed by atoms with Gasteiger partial charge in [0.25, 0.3) is 0 Å². The molecule has 0 saturated heterocycles. The molecule has 0 spiro atoms. The summed E-state index contributed by atoms with van der Waals surface area (Å²) >= 11 is 0. The first-order valence-electron chi connectivity index (χ1n) is 11.4. The number of Topliss-reactive ketones (excluding diaryl/α,β-unsaturated/α-hetero) is 4. The van der Waals surface area contributed by atoms with Gasteiger partial charge in [-0.1, -0.05) is 17.7 Å². The summed E-state index contributed by atoms with van der Waals surface area (Å²) in [6.45, 7) is 2.87. The summed E-state index contributed by atoms with van der Waals surface area (Å²) in [7, 11) is 0. The third kappa shape index (κ3) is 3.24. The molecule has 0 amide bonds. The first kappa shape index (κ1) is 23.0. The average molecular weight is 476 g/mol. The topological polar surface area (TPSA) is 142 Å². The number of aromatic hydroxyl groups is 1. The number of phenols is 1. The Morgan fingerprint density at radius 3 is 2.51 bits per heavy atom. The molecule has 8 heteroatoms. The van der Waals surface area contributed by atoms with E-state index in [1.54, 1.807) is 25.1 Å². The molecular formula is C27H24O8. The lowest BCUT2D eigenvalue weighted by atomic mass is 9.57. The number of rotatable bonds is 4. The summed E-state index contributed by atoms with van der Waals surface area (Å²) in [6, 6.07) is 6.38. The van der Waals surface area contributed by atoms with Crippen molar-refractivity contribution < 1.29 is 38.9 Å². The standard InChI is InChI=1S/C27H24O8/c1-12-8-17-10-16-9-14-5-6-15(11-18(29)19-4-3-7-35-19)23(30)21(14)24(31)22(16)26(33)27(17,34)25(32)20(12)13(2)28/h3-7,16-17,30-31,34H,8-11H2,1-2H3/t16-,17+,27+/m1/s1. The highest BCUT2D eigenvalue weighted by Crippen LogP contribution is 2.51. The van der Waals surface area contributed by atoms with Crippen molar-refractivity contribution in [3.63, 3.8) is 0 Å². The predicted octanol–water partition coefficient (Wildman–Crippen LogP) is 3.05. The lowest BCUT2D eigenvalue weighted by Crippen LogP contribution is -2.61. The number of allylic oxidation sites excluding steroid dienone is 1. The summed E-state index contributed by atoms with van der Waals surface area (Å²) in [4.78, 5) is 51.3. The molecule has 3 N–H and O–H groups in total. The van der Waals surface area contributed by atoms with Crippen molar-refractivity contribution in [2.45, 2.75) is 45.1 Å². The molecule has 3 aliphatic carbocycles. The van der Waals surface area contributed by atoms with Crippen LogP contribution in [-0.4, -0.2) is 44.1 Å². The van der Waals surface area contributed by atoms with Crippen LogP contribution in [0.4, 0.5) is 0 Å². The van der Waals surface area contributed by atoms with Gasteiger partial charge >= 0.3 is 0 Å². The van der Waals surface area contributed by atoms with E-state index in [9.17, 15) is 34.5 Å². The average Bonchev–Trinajstić information content (AvgIpc) is 3.33. The molecule has 0 aliphatic heterocycles.